The highest BCUT2D eigenvalue weighted by Gasteiger charge is 2.07. The summed E-state index contributed by atoms with van der Waals surface area (Å²) in [6, 6.07) is 19.8. The van der Waals surface area contributed by atoms with Crippen molar-refractivity contribution in [2.45, 2.75) is 6.92 Å². The first-order valence-corrected chi connectivity index (χ1v) is 10.9. The number of halogens is 2. The lowest BCUT2D eigenvalue weighted by molar-refractivity contribution is -0.118. The summed E-state index contributed by atoms with van der Waals surface area (Å²) >= 11 is 6.76. The maximum atomic E-state index is 12.1. The van der Waals surface area contributed by atoms with Gasteiger partial charge in [0.05, 0.1) is 10.7 Å². The second kappa shape index (κ2) is 10.9. The van der Waals surface area contributed by atoms with E-state index < -0.39 is 0 Å². The van der Waals surface area contributed by atoms with E-state index in [2.05, 4.69) is 47.7 Å². The molecule has 6 nitrogen and oxygen atoms in total. The molecule has 0 spiro atoms. The number of aryl methyl sites for hydroxylation is 1. The molecule has 0 saturated carbocycles. The van der Waals surface area contributed by atoms with Gasteiger partial charge in [0.1, 0.15) is 5.75 Å². The number of rotatable bonds is 7. The molecule has 0 radical (unpaired) electrons. The van der Waals surface area contributed by atoms with Gasteiger partial charge in [0, 0.05) is 15.7 Å². The van der Waals surface area contributed by atoms with Crippen LogP contribution in [0.1, 0.15) is 21.5 Å². The predicted octanol–water partition coefficient (Wildman–Crippen LogP) is 5.30. The van der Waals surface area contributed by atoms with E-state index in [1.54, 1.807) is 42.5 Å². The van der Waals surface area contributed by atoms with Crippen LogP contribution in [0.3, 0.4) is 0 Å². The lowest BCUT2D eigenvalue weighted by Crippen LogP contribution is -2.20. The van der Waals surface area contributed by atoms with Gasteiger partial charge in [-0.1, -0.05) is 28.1 Å². The first-order chi connectivity index (χ1) is 14.9. The molecule has 0 bridgehead atoms. The van der Waals surface area contributed by atoms with E-state index in [-0.39, 0.29) is 18.4 Å². The van der Waals surface area contributed by atoms with Gasteiger partial charge in [-0.3, -0.25) is 9.59 Å². The van der Waals surface area contributed by atoms with E-state index in [9.17, 15) is 9.59 Å². The Hall–Kier alpha value is -2.97. The monoisotopic (exact) mass is 543 g/mol. The van der Waals surface area contributed by atoms with Crippen LogP contribution in [-0.2, 0) is 4.79 Å². The Kier molecular flexibility index (Phi) is 7.97. The van der Waals surface area contributed by atoms with Crippen LogP contribution in [0.4, 0.5) is 5.69 Å². The Morgan fingerprint density at radius 2 is 1.81 bits per heavy atom. The van der Waals surface area contributed by atoms with Gasteiger partial charge < -0.3 is 10.1 Å². The summed E-state index contributed by atoms with van der Waals surface area (Å²) in [5.74, 6) is -0.0309. The van der Waals surface area contributed by atoms with E-state index in [1.807, 2.05) is 31.2 Å². The number of carbonyl (C=O) groups excluding carboxylic acids is 2. The quantitative estimate of drug-likeness (QED) is 0.313. The molecule has 0 saturated heterocycles. The average Bonchev–Trinajstić information content (AvgIpc) is 2.73. The van der Waals surface area contributed by atoms with Gasteiger partial charge in [-0.05, 0) is 88.6 Å². The maximum absolute atomic E-state index is 12.1. The van der Waals surface area contributed by atoms with Crippen LogP contribution < -0.4 is 15.5 Å². The second-order valence-corrected chi connectivity index (χ2v) is 8.37. The van der Waals surface area contributed by atoms with Crippen LogP contribution >= 0.6 is 31.9 Å². The summed E-state index contributed by atoms with van der Waals surface area (Å²) < 4.78 is 7.15. The Balaban J connectivity index is 1.52. The number of hydrazone groups is 1. The molecule has 3 rings (SSSR count). The highest BCUT2D eigenvalue weighted by Crippen LogP contribution is 2.25. The SMILES string of the molecule is Cc1cccc(NC(=O)COc2ccc(/C=N/NC(=O)c3ccc(Br)cc3)cc2Br)c1. The van der Waals surface area contributed by atoms with Crippen LogP contribution in [0.25, 0.3) is 0 Å². The van der Waals surface area contributed by atoms with Gasteiger partial charge in [0.2, 0.25) is 0 Å². The highest BCUT2D eigenvalue weighted by molar-refractivity contribution is 9.10. The Morgan fingerprint density at radius 1 is 1.03 bits per heavy atom. The normalized spacial score (nSPS) is 10.7. The fourth-order valence-corrected chi connectivity index (χ4v) is 3.38. The van der Waals surface area contributed by atoms with Gasteiger partial charge in [-0.2, -0.15) is 5.10 Å². The zero-order valence-corrected chi connectivity index (χ0v) is 19.7. The van der Waals surface area contributed by atoms with E-state index in [4.69, 9.17) is 4.74 Å². The predicted molar refractivity (Wildman–Crippen MR) is 129 cm³/mol. The largest absolute Gasteiger partial charge is 0.483 e. The third kappa shape index (κ3) is 7.04. The molecule has 0 aromatic heterocycles. The van der Waals surface area contributed by atoms with E-state index >= 15 is 0 Å². The maximum Gasteiger partial charge on any atom is 0.271 e. The number of hydrogen-bond acceptors (Lipinski definition) is 4. The number of nitrogens with zero attached hydrogens (tertiary/aromatic N) is 1. The molecule has 0 unspecified atom stereocenters. The number of anilines is 1. The molecular weight excluding hydrogens is 526 g/mol. The van der Waals surface area contributed by atoms with Crippen molar-refractivity contribution in [3.8, 4) is 5.75 Å². The number of nitrogens with one attached hydrogen (secondary N) is 2. The van der Waals surface area contributed by atoms with Crippen molar-refractivity contribution in [1.82, 2.24) is 5.43 Å². The van der Waals surface area contributed by atoms with Crippen molar-refractivity contribution in [2.75, 3.05) is 11.9 Å². The zero-order valence-electron chi connectivity index (χ0n) is 16.6. The minimum atomic E-state index is -0.303. The summed E-state index contributed by atoms with van der Waals surface area (Å²) in [4.78, 5) is 24.2. The number of hydrogen-bond donors (Lipinski definition) is 2. The Morgan fingerprint density at radius 3 is 2.52 bits per heavy atom. The molecule has 158 valence electrons. The number of benzene rings is 3. The third-order valence-electron chi connectivity index (χ3n) is 4.10. The summed E-state index contributed by atoms with van der Waals surface area (Å²) in [5, 5.41) is 6.77. The molecule has 31 heavy (non-hydrogen) atoms. The molecule has 2 amide bonds. The summed E-state index contributed by atoms with van der Waals surface area (Å²) in [6.45, 7) is 1.84. The molecule has 0 aliphatic rings. The molecular formula is C23H19Br2N3O3. The Labute approximate surface area is 197 Å². The van der Waals surface area contributed by atoms with Crippen molar-refractivity contribution >= 4 is 55.6 Å². The third-order valence-corrected chi connectivity index (χ3v) is 5.25. The molecule has 0 fully saturated rings. The molecule has 0 atom stereocenters. The van der Waals surface area contributed by atoms with Gasteiger partial charge >= 0.3 is 0 Å². The molecule has 0 aliphatic heterocycles. The van der Waals surface area contributed by atoms with Crippen molar-refractivity contribution in [3.05, 3.63) is 92.4 Å². The standard InChI is InChI=1S/C23H19Br2N3O3/c1-15-3-2-4-19(11-15)27-22(29)14-31-21-10-5-16(12-20(21)25)13-26-28-23(30)17-6-8-18(24)9-7-17/h2-13H,14H2,1H3,(H,27,29)(H,28,30)/b26-13+. The average molecular weight is 545 g/mol. The zero-order chi connectivity index (χ0) is 22.2. The van der Waals surface area contributed by atoms with Crippen molar-refractivity contribution < 1.29 is 14.3 Å². The summed E-state index contributed by atoms with van der Waals surface area (Å²) in [7, 11) is 0. The minimum absolute atomic E-state index is 0.122. The van der Waals surface area contributed by atoms with Crippen LogP contribution in [0, 0.1) is 6.92 Å². The lowest BCUT2D eigenvalue weighted by Gasteiger charge is -2.10. The van der Waals surface area contributed by atoms with Crippen LogP contribution in [0.5, 0.6) is 5.75 Å². The minimum Gasteiger partial charge on any atom is -0.483 e. The second-order valence-electron chi connectivity index (χ2n) is 6.60. The van der Waals surface area contributed by atoms with E-state index in [0.717, 1.165) is 21.3 Å². The molecule has 3 aromatic carbocycles. The van der Waals surface area contributed by atoms with Crippen molar-refractivity contribution in [1.29, 1.82) is 0 Å². The number of carbonyl (C=O) groups is 2. The van der Waals surface area contributed by atoms with Gasteiger partial charge in [-0.25, -0.2) is 5.43 Å². The lowest BCUT2D eigenvalue weighted by atomic mass is 10.2. The van der Waals surface area contributed by atoms with Crippen molar-refractivity contribution in [3.63, 3.8) is 0 Å². The van der Waals surface area contributed by atoms with E-state index in [0.29, 0.717) is 15.8 Å². The summed E-state index contributed by atoms with van der Waals surface area (Å²) in [6.07, 6.45) is 1.52. The van der Waals surface area contributed by atoms with Crippen LogP contribution in [0.15, 0.2) is 80.8 Å². The molecule has 0 aliphatic carbocycles. The number of amides is 2. The van der Waals surface area contributed by atoms with E-state index in [1.165, 1.54) is 6.21 Å². The summed E-state index contributed by atoms with van der Waals surface area (Å²) in [5.41, 5.74) is 5.53. The molecule has 0 heterocycles. The smallest absolute Gasteiger partial charge is 0.271 e. The van der Waals surface area contributed by atoms with Gasteiger partial charge in [-0.15, -0.1) is 0 Å². The molecule has 2 N–H and O–H groups in total. The van der Waals surface area contributed by atoms with Gasteiger partial charge in [0.15, 0.2) is 6.61 Å². The van der Waals surface area contributed by atoms with Gasteiger partial charge in [0.25, 0.3) is 11.8 Å². The van der Waals surface area contributed by atoms with Crippen LogP contribution in [0.2, 0.25) is 0 Å². The molecule has 3 aromatic rings. The number of ether oxygens (including phenoxy) is 1. The topological polar surface area (TPSA) is 79.8 Å². The van der Waals surface area contributed by atoms with Crippen molar-refractivity contribution in [2.24, 2.45) is 5.10 Å². The highest BCUT2D eigenvalue weighted by atomic mass is 79.9. The fourth-order valence-electron chi connectivity index (χ4n) is 2.61. The Bertz CT molecular complexity index is 1120. The first-order valence-electron chi connectivity index (χ1n) is 9.28. The fraction of sp³-hybridized carbons (Fsp3) is 0.0870. The first kappa shape index (κ1) is 22.7. The molecule has 8 heteroatoms. The van der Waals surface area contributed by atoms with Crippen LogP contribution in [-0.4, -0.2) is 24.6 Å².